The molecule has 0 amide bonds. The number of hydrogen-bond acceptors (Lipinski definition) is 1. The lowest BCUT2D eigenvalue weighted by atomic mass is 10.0. The van der Waals surface area contributed by atoms with Gasteiger partial charge in [0.2, 0.25) is 0 Å². The molecule has 1 aromatic carbocycles. The molecule has 1 rings (SSSR count). The summed E-state index contributed by atoms with van der Waals surface area (Å²) >= 11 is 3.27. The van der Waals surface area contributed by atoms with Gasteiger partial charge < -0.3 is 4.74 Å². The molecule has 0 heterocycles. The third-order valence-electron chi connectivity index (χ3n) is 2.36. The number of hydrogen-bond donors (Lipinski definition) is 0. The van der Waals surface area contributed by atoms with E-state index in [4.69, 9.17) is 0 Å². The van der Waals surface area contributed by atoms with Gasteiger partial charge in [-0.1, -0.05) is 41.1 Å². The number of halogens is 4. The van der Waals surface area contributed by atoms with Gasteiger partial charge in [-0.05, 0) is 30.4 Å². The van der Waals surface area contributed by atoms with Crippen molar-refractivity contribution in [3.05, 3.63) is 29.3 Å². The van der Waals surface area contributed by atoms with Crippen molar-refractivity contribution in [2.24, 2.45) is 0 Å². The van der Waals surface area contributed by atoms with Gasteiger partial charge in [0.25, 0.3) is 0 Å². The van der Waals surface area contributed by atoms with E-state index in [1.807, 2.05) is 6.92 Å². The molecule has 0 unspecified atom stereocenters. The van der Waals surface area contributed by atoms with E-state index in [0.717, 1.165) is 11.8 Å². The molecule has 0 N–H and O–H groups in total. The van der Waals surface area contributed by atoms with Crippen molar-refractivity contribution in [3.63, 3.8) is 0 Å². The topological polar surface area (TPSA) is 9.23 Å². The summed E-state index contributed by atoms with van der Waals surface area (Å²) in [5, 5.41) is 0.759. The minimum Gasteiger partial charge on any atom is -0.405 e. The van der Waals surface area contributed by atoms with Crippen molar-refractivity contribution in [3.8, 4) is 5.75 Å². The fourth-order valence-electron chi connectivity index (χ4n) is 1.62. The molecule has 0 aromatic heterocycles. The summed E-state index contributed by atoms with van der Waals surface area (Å²) < 4.78 is 41.1. The lowest BCUT2D eigenvalue weighted by Gasteiger charge is -2.16. The van der Waals surface area contributed by atoms with Crippen LogP contribution in [0.25, 0.3) is 0 Å². The van der Waals surface area contributed by atoms with E-state index < -0.39 is 6.36 Å². The highest BCUT2D eigenvalue weighted by atomic mass is 79.9. The smallest absolute Gasteiger partial charge is 0.405 e. The first-order valence-corrected chi connectivity index (χ1v) is 6.52. The Morgan fingerprint density at radius 2 is 1.88 bits per heavy atom. The largest absolute Gasteiger partial charge is 0.573 e. The van der Waals surface area contributed by atoms with Crippen LogP contribution < -0.4 is 4.74 Å². The van der Waals surface area contributed by atoms with Gasteiger partial charge in [0.1, 0.15) is 5.75 Å². The van der Waals surface area contributed by atoms with Crippen molar-refractivity contribution in [2.45, 2.75) is 32.5 Å². The molecule has 0 aliphatic carbocycles. The number of rotatable bonds is 5. The molecule has 0 aliphatic heterocycles. The maximum atomic E-state index is 12.3. The zero-order chi connectivity index (χ0) is 12.9. The predicted octanol–water partition coefficient (Wildman–Crippen LogP) is 4.48. The molecule has 0 fully saturated rings. The van der Waals surface area contributed by atoms with Crippen LogP contribution in [-0.4, -0.2) is 11.7 Å². The third kappa shape index (κ3) is 4.58. The average Bonchev–Trinajstić information content (AvgIpc) is 2.25. The lowest BCUT2D eigenvalue weighted by molar-refractivity contribution is -0.275. The van der Waals surface area contributed by atoms with E-state index in [1.165, 1.54) is 0 Å². The second-order valence-corrected chi connectivity index (χ2v) is 4.39. The Hall–Kier alpha value is -0.710. The van der Waals surface area contributed by atoms with E-state index in [9.17, 15) is 13.2 Å². The first-order valence-electron chi connectivity index (χ1n) is 5.40. The average molecular weight is 311 g/mol. The predicted molar refractivity (Wildman–Crippen MR) is 64.6 cm³/mol. The standard InChI is InChI=1S/C12H14BrF3O/c1-2-9-5-3-6-10(7-4-8-13)11(9)17-12(14,15)16/h3,5-6H,2,4,7-8H2,1H3. The van der Waals surface area contributed by atoms with Crippen LogP contribution in [-0.2, 0) is 12.8 Å². The van der Waals surface area contributed by atoms with E-state index in [2.05, 4.69) is 20.7 Å². The van der Waals surface area contributed by atoms with Crippen molar-refractivity contribution in [1.82, 2.24) is 0 Å². The minimum absolute atomic E-state index is 0.0246. The van der Waals surface area contributed by atoms with Crippen molar-refractivity contribution >= 4 is 15.9 Å². The zero-order valence-electron chi connectivity index (χ0n) is 9.48. The third-order valence-corrected chi connectivity index (χ3v) is 2.92. The van der Waals surface area contributed by atoms with Crippen LogP contribution in [0.5, 0.6) is 5.75 Å². The molecule has 17 heavy (non-hydrogen) atoms. The summed E-state index contributed by atoms with van der Waals surface area (Å²) in [6.45, 7) is 1.81. The van der Waals surface area contributed by atoms with Gasteiger partial charge in [-0.25, -0.2) is 0 Å². The minimum atomic E-state index is -4.63. The van der Waals surface area contributed by atoms with E-state index in [1.54, 1.807) is 18.2 Å². The second-order valence-electron chi connectivity index (χ2n) is 3.60. The Kier molecular flexibility index (Phi) is 5.31. The highest BCUT2D eigenvalue weighted by Crippen LogP contribution is 2.31. The highest BCUT2D eigenvalue weighted by molar-refractivity contribution is 9.09. The molecular formula is C12H14BrF3O. The van der Waals surface area contributed by atoms with Gasteiger partial charge in [-0.2, -0.15) is 0 Å². The van der Waals surface area contributed by atoms with Crippen LogP contribution >= 0.6 is 15.9 Å². The molecule has 5 heteroatoms. The van der Waals surface area contributed by atoms with Crippen molar-refractivity contribution in [1.29, 1.82) is 0 Å². The zero-order valence-corrected chi connectivity index (χ0v) is 11.1. The van der Waals surface area contributed by atoms with Gasteiger partial charge in [0.05, 0.1) is 0 Å². The summed E-state index contributed by atoms with van der Waals surface area (Å²) in [4.78, 5) is 0. The van der Waals surface area contributed by atoms with Gasteiger partial charge in [-0.15, -0.1) is 13.2 Å². The van der Waals surface area contributed by atoms with E-state index in [0.29, 0.717) is 24.0 Å². The summed E-state index contributed by atoms with van der Waals surface area (Å²) in [6, 6.07) is 5.12. The molecule has 96 valence electrons. The Labute approximate surface area is 107 Å². The van der Waals surface area contributed by atoms with Gasteiger partial charge in [0.15, 0.2) is 0 Å². The molecule has 0 atom stereocenters. The van der Waals surface area contributed by atoms with Crippen LogP contribution in [0.15, 0.2) is 18.2 Å². The van der Waals surface area contributed by atoms with Crippen LogP contribution in [0.3, 0.4) is 0 Å². The highest BCUT2D eigenvalue weighted by Gasteiger charge is 2.32. The maximum absolute atomic E-state index is 12.3. The number of para-hydroxylation sites is 1. The molecule has 0 aliphatic rings. The maximum Gasteiger partial charge on any atom is 0.573 e. The Bertz CT molecular complexity index is 363. The first kappa shape index (κ1) is 14.4. The fraction of sp³-hybridized carbons (Fsp3) is 0.500. The van der Waals surface area contributed by atoms with Crippen LogP contribution in [0.4, 0.5) is 13.2 Å². The molecular weight excluding hydrogens is 297 g/mol. The quantitative estimate of drug-likeness (QED) is 0.729. The lowest BCUT2D eigenvalue weighted by Crippen LogP contribution is -2.19. The molecule has 1 aromatic rings. The monoisotopic (exact) mass is 310 g/mol. The first-order chi connectivity index (χ1) is 7.98. The number of alkyl halides is 4. The Morgan fingerprint density at radius 3 is 2.41 bits per heavy atom. The van der Waals surface area contributed by atoms with Crippen molar-refractivity contribution < 1.29 is 17.9 Å². The Balaban J connectivity index is 3.02. The van der Waals surface area contributed by atoms with Gasteiger partial charge in [-0.3, -0.25) is 0 Å². The molecule has 0 saturated heterocycles. The molecule has 0 saturated carbocycles. The van der Waals surface area contributed by atoms with Crippen molar-refractivity contribution in [2.75, 3.05) is 5.33 Å². The molecule has 0 bridgehead atoms. The van der Waals surface area contributed by atoms with Crippen LogP contribution in [0.2, 0.25) is 0 Å². The normalized spacial score (nSPS) is 11.6. The Morgan fingerprint density at radius 1 is 1.24 bits per heavy atom. The van der Waals surface area contributed by atoms with Crippen LogP contribution in [0, 0.1) is 0 Å². The summed E-state index contributed by atoms with van der Waals surface area (Å²) in [5.74, 6) is -0.0246. The van der Waals surface area contributed by atoms with Gasteiger partial charge >= 0.3 is 6.36 Å². The van der Waals surface area contributed by atoms with Gasteiger partial charge in [0, 0.05) is 5.33 Å². The summed E-state index contributed by atoms with van der Waals surface area (Å²) in [7, 11) is 0. The number of benzene rings is 1. The van der Waals surface area contributed by atoms with E-state index >= 15 is 0 Å². The second kappa shape index (κ2) is 6.28. The fourth-order valence-corrected chi connectivity index (χ4v) is 1.90. The number of aryl methyl sites for hydroxylation is 2. The SMILES string of the molecule is CCc1cccc(CCCBr)c1OC(F)(F)F. The summed E-state index contributed by atoms with van der Waals surface area (Å²) in [6.07, 6.45) is -2.76. The molecule has 0 spiro atoms. The van der Waals surface area contributed by atoms with E-state index in [-0.39, 0.29) is 5.75 Å². The molecule has 0 radical (unpaired) electrons. The molecule has 1 nitrogen and oxygen atoms in total. The van der Waals surface area contributed by atoms with Crippen LogP contribution in [0.1, 0.15) is 24.5 Å². The number of ether oxygens (including phenoxy) is 1. The summed E-state index contributed by atoms with van der Waals surface area (Å²) in [5.41, 5.74) is 1.20.